The summed E-state index contributed by atoms with van der Waals surface area (Å²) in [6.45, 7) is 7.07. The summed E-state index contributed by atoms with van der Waals surface area (Å²) in [4.78, 5) is 13.5. The van der Waals surface area contributed by atoms with Gasteiger partial charge in [0, 0.05) is 19.6 Å². The molecule has 88 valence electrons. The molecule has 0 bridgehead atoms. The van der Waals surface area contributed by atoms with Crippen molar-refractivity contribution in [2.24, 2.45) is 5.73 Å². The van der Waals surface area contributed by atoms with Gasteiger partial charge in [0.1, 0.15) is 0 Å². The summed E-state index contributed by atoms with van der Waals surface area (Å²) in [5, 5.41) is 2.80. The van der Waals surface area contributed by atoms with Gasteiger partial charge in [-0.2, -0.15) is 0 Å². The highest BCUT2D eigenvalue weighted by Crippen LogP contribution is 1.97. The van der Waals surface area contributed by atoms with Crippen molar-refractivity contribution in [2.75, 3.05) is 39.4 Å². The number of nitrogens with one attached hydrogen (secondary N) is 1. The number of hydrogen-bond acceptors (Lipinski definition) is 4. The molecule has 1 aliphatic heterocycles. The average Bonchev–Trinajstić information content (AvgIpc) is 2.25. The predicted octanol–water partition coefficient (Wildman–Crippen LogP) is -0.828. The quantitative estimate of drug-likeness (QED) is 0.588. The van der Waals surface area contributed by atoms with Crippen LogP contribution >= 0.6 is 0 Å². The molecule has 1 heterocycles. The van der Waals surface area contributed by atoms with Crippen LogP contribution in [0.3, 0.4) is 0 Å². The number of morpholine rings is 1. The molecule has 1 aliphatic rings. The van der Waals surface area contributed by atoms with E-state index in [1.165, 1.54) is 0 Å². The van der Waals surface area contributed by atoms with E-state index in [1.807, 2.05) is 0 Å². The van der Waals surface area contributed by atoms with Crippen LogP contribution in [-0.4, -0.2) is 56.2 Å². The highest BCUT2D eigenvalue weighted by atomic mass is 16.5. The monoisotopic (exact) mass is 215 g/mol. The molecule has 3 N–H and O–H groups in total. The van der Waals surface area contributed by atoms with Crippen LogP contribution in [0.15, 0.2) is 0 Å². The number of nitrogens with two attached hydrogens (primary N) is 1. The summed E-state index contributed by atoms with van der Waals surface area (Å²) >= 11 is 0. The van der Waals surface area contributed by atoms with Gasteiger partial charge < -0.3 is 15.8 Å². The molecule has 0 aromatic heterocycles. The van der Waals surface area contributed by atoms with E-state index in [4.69, 9.17) is 10.5 Å². The van der Waals surface area contributed by atoms with Crippen molar-refractivity contribution in [3.8, 4) is 0 Å². The van der Waals surface area contributed by atoms with Crippen LogP contribution < -0.4 is 11.1 Å². The minimum atomic E-state index is -0.409. The molecule has 0 aromatic rings. The zero-order chi connectivity index (χ0) is 11.1. The molecule has 1 rings (SSSR count). The highest BCUT2D eigenvalue weighted by molar-refractivity contribution is 5.80. The average molecular weight is 215 g/mol. The van der Waals surface area contributed by atoms with Gasteiger partial charge >= 0.3 is 0 Å². The van der Waals surface area contributed by atoms with Gasteiger partial charge in [0.05, 0.1) is 19.3 Å². The van der Waals surface area contributed by atoms with Gasteiger partial charge in [-0.1, -0.05) is 0 Å². The second-order valence-corrected chi connectivity index (χ2v) is 3.89. The van der Waals surface area contributed by atoms with E-state index in [2.05, 4.69) is 10.2 Å². The number of carbonyl (C=O) groups excluding carboxylic acids is 1. The van der Waals surface area contributed by atoms with Gasteiger partial charge in [-0.25, -0.2) is 0 Å². The van der Waals surface area contributed by atoms with E-state index in [9.17, 15) is 4.79 Å². The Labute approximate surface area is 90.9 Å². The molecular formula is C10H21N3O2. The van der Waals surface area contributed by atoms with Crippen LogP contribution in [0.1, 0.15) is 13.3 Å². The third-order valence-electron chi connectivity index (χ3n) is 2.47. The van der Waals surface area contributed by atoms with Gasteiger partial charge in [-0.15, -0.1) is 0 Å². The van der Waals surface area contributed by atoms with Crippen molar-refractivity contribution < 1.29 is 9.53 Å². The van der Waals surface area contributed by atoms with Crippen molar-refractivity contribution in [3.63, 3.8) is 0 Å². The summed E-state index contributed by atoms with van der Waals surface area (Å²) in [5.41, 5.74) is 5.42. The molecule has 0 aromatic carbocycles. The summed E-state index contributed by atoms with van der Waals surface area (Å²) in [5.74, 6) is -0.0722. The minimum absolute atomic E-state index is 0.0722. The number of hydrogen-bond donors (Lipinski definition) is 2. The molecule has 1 saturated heterocycles. The Bertz CT molecular complexity index is 191. The topological polar surface area (TPSA) is 67.6 Å². The van der Waals surface area contributed by atoms with Gasteiger partial charge in [-0.3, -0.25) is 9.69 Å². The summed E-state index contributed by atoms with van der Waals surface area (Å²) in [6, 6.07) is -0.409. The lowest BCUT2D eigenvalue weighted by molar-refractivity contribution is -0.122. The third kappa shape index (κ3) is 5.11. The van der Waals surface area contributed by atoms with Crippen molar-refractivity contribution >= 4 is 5.91 Å². The van der Waals surface area contributed by atoms with E-state index in [-0.39, 0.29) is 5.91 Å². The van der Waals surface area contributed by atoms with Crippen molar-refractivity contribution in [3.05, 3.63) is 0 Å². The van der Waals surface area contributed by atoms with Crippen LogP contribution in [0.5, 0.6) is 0 Å². The summed E-state index contributed by atoms with van der Waals surface area (Å²) < 4.78 is 5.25. The Morgan fingerprint density at radius 1 is 1.53 bits per heavy atom. The first-order valence-electron chi connectivity index (χ1n) is 5.53. The van der Waals surface area contributed by atoms with Crippen LogP contribution in [0.25, 0.3) is 0 Å². The fourth-order valence-electron chi connectivity index (χ4n) is 1.50. The van der Waals surface area contributed by atoms with Gasteiger partial charge in [0.2, 0.25) is 5.91 Å². The second kappa shape index (κ2) is 6.76. The molecule has 1 unspecified atom stereocenters. The molecule has 1 atom stereocenters. The Hall–Kier alpha value is -0.650. The van der Waals surface area contributed by atoms with Crippen LogP contribution in [-0.2, 0) is 9.53 Å². The van der Waals surface area contributed by atoms with Crippen LogP contribution in [0.2, 0.25) is 0 Å². The summed E-state index contributed by atoms with van der Waals surface area (Å²) in [6.07, 6.45) is 0.971. The second-order valence-electron chi connectivity index (χ2n) is 3.89. The van der Waals surface area contributed by atoms with E-state index in [0.29, 0.717) is 6.54 Å². The Balaban J connectivity index is 1.98. The van der Waals surface area contributed by atoms with Crippen molar-refractivity contribution in [1.82, 2.24) is 10.2 Å². The summed E-state index contributed by atoms with van der Waals surface area (Å²) in [7, 11) is 0. The molecular weight excluding hydrogens is 194 g/mol. The lowest BCUT2D eigenvalue weighted by Gasteiger charge is -2.26. The number of ether oxygens (including phenoxy) is 1. The van der Waals surface area contributed by atoms with Crippen molar-refractivity contribution in [2.45, 2.75) is 19.4 Å². The molecule has 0 radical (unpaired) electrons. The predicted molar refractivity (Wildman–Crippen MR) is 58.5 cm³/mol. The maximum Gasteiger partial charge on any atom is 0.236 e. The van der Waals surface area contributed by atoms with Crippen LogP contribution in [0.4, 0.5) is 0 Å². The Kier molecular flexibility index (Phi) is 5.60. The third-order valence-corrected chi connectivity index (χ3v) is 2.47. The van der Waals surface area contributed by atoms with Crippen LogP contribution in [0, 0.1) is 0 Å². The molecule has 1 fully saturated rings. The molecule has 0 aliphatic carbocycles. The first kappa shape index (κ1) is 12.4. The van der Waals surface area contributed by atoms with E-state index < -0.39 is 6.04 Å². The maximum absolute atomic E-state index is 11.1. The molecule has 0 saturated carbocycles. The minimum Gasteiger partial charge on any atom is -0.379 e. The van der Waals surface area contributed by atoms with E-state index >= 15 is 0 Å². The lowest BCUT2D eigenvalue weighted by Crippen LogP contribution is -2.41. The number of rotatable bonds is 5. The fraction of sp³-hybridized carbons (Fsp3) is 0.900. The lowest BCUT2D eigenvalue weighted by atomic mass is 10.3. The first-order chi connectivity index (χ1) is 7.20. The standard InChI is InChI=1S/C10H21N3O2/c1-9(11)10(14)12-3-2-4-13-5-7-15-8-6-13/h9H,2-8,11H2,1H3,(H,12,14). The first-order valence-corrected chi connectivity index (χ1v) is 5.53. The fourth-order valence-corrected chi connectivity index (χ4v) is 1.50. The number of nitrogens with zero attached hydrogens (tertiary/aromatic N) is 1. The number of amides is 1. The van der Waals surface area contributed by atoms with Gasteiger partial charge in [0.15, 0.2) is 0 Å². The Morgan fingerprint density at radius 3 is 2.80 bits per heavy atom. The zero-order valence-corrected chi connectivity index (χ0v) is 9.37. The van der Waals surface area contributed by atoms with Crippen molar-refractivity contribution in [1.29, 1.82) is 0 Å². The maximum atomic E-state index is 11.1. The smallest absolute Gasteiger partial charge is 0.236 e. The van der Waals surface area contributed by atoms with E-state index in [0.717, 1.165) is 39.3 Å². The molecule has 5 nitrogen and oxygen atoms in total. The number of carbonyl (C=O) groups is 1. The van der Waals surface area contributed by atoms with E-state index in [1.54, 1.807) is 6.92 Å². The highest BCUT2D eigenvalue weighted by Gasteiger charge is 2.10. The normalized spacial score (nSPS) is 19.9. The molecule has 15 heavy (non-hydrogen) atoms. The molecule has 0 spiro atoms. The largest absolute Gasteiger partial charge is 0.379 e. The Morgan fingerprint density at radius 2 is 2.20 bits per heavy atom. The molecule has 1 amide bonds. The van der Waals surface area contributed by atoms with Gasteiger partial charge in [-0.05, 0) is 19.9 Å². The van der Waals surface area contributed by atoms with Gasteiger partial charge in [0.25, 0.3) is 0 Å². The SMILES string of the molecule is CC(N)C(=O)NCCCN1CCOCC1. The molecule has 5 heteroatoms. The zero-order valence-electron chi connectivity index (χ0n) is 9.37.